The summed E-state index contributed by atoms with van der Waals surface area (Å²) in [5.74, 6) is 0. The van der Waals surface area contributed by atoms with E-state index in [4.69, 9.17) is 0 Å². The average molecular weight is 238 g/mol. The molecule has 0 fully saturated rings. The number of hydrogen-bond donors (Lipinski definition) is 2. The van der Waals surface area contributed by atoms with Crippen LogP contribution >= 0.6 is 0 Å². The van der Waals surface area contributed by atoms with Crippen LogP contribution in [0.3, 0.4) is 0 Å². The lowest BCUT2D eigenvalue weighted by Crippen LogP contribution is -2.02. The Kier molecular flexibility index (Phi) is 2.82. The van der Waals surface area contributed by atoms with Crippen LogP contribution in [0.1, 0.15) is 17.2 Å². The zero-order valence-corrected chi connectivity index (χ0v) is 9.88. The van der Waals surface area contributed by atoms with Crippen molar-refractivity contribution >= 4 is 10.9 Å². The molecule has 0 saturated carbocycles. The molecule has 0 radical (unpaired) electrons. The van der Waals surface area contributed by atoms with Crippen LogP contribution in [-0.4, -0.2) is 15.3 Å². The number of nitrogens with one attached hydrogen (secondary N) is 1. The predicted octanol–water partition coefficient (Wildman–Crippen LogP) is 2.84. The summed E-state index contributed by atoms with van der Waals surface area (Å²) in [6.07, 6.45) is 1.87. The fourth-order valence-corrected chi connectivity index (χ4v) is 2.23. The number of aromatic nitrogens is 2. The third-order valence-electron chi connectivity index (χ3n) is 3.15. The number of hydrogen-bond acceptors (Lipinski definition) is 2. The first-order valence-electron chi connectivity index (χ1n) is 5.98. The Morgan fingerprint density at radius 1 is 1.06 bits per heavy atom. The van der Waals surface area contributed by atoms with Crippen molar-refractivity contribution in [2.75, 3.05) is 0 Å². The lowest BCUT2D eigenvalue weighted by Gasteiger charge is -2.12. The lowest BCUT2D eigenvalue weighted by atomic mass is 9.99. The summed E-state index contributed by atoms with van der Waals surface area (Å²) in [6, 6.07) is 15.8. The van der Waals surface area contributed by atoms with Gasteiger partial charge in [0.2, 0.25) is 0 Å². The number of fused-ring (bicyclic) bond motifs is 1. The number of rotatable bonds is 3. The summed E-state index contributed by atoms with van der Waals surface area (Å²) in [5, 5.41) is 18.3. The van der Waals surface area contributed by atoms with Gasteiger partial charge in [-0.1, -0.05) is 42.5 Å². The van der Waals surface area contributed by atoms with Crippen molar-refractivity contribution in [2.45, 2.75) is 12.5 Å². The zero-order valence-electron chi connectivity index (χ0n) is 9.88. The molecular formula is C15H14N2O. The maximum atomic E-state index is 10.3. The van der Waals surface area contributed by atoms with Crippen molar-refractivity contribution < 1.29 is 5.11 Å². The fraction of sp³-hybridized carbons (Fsp3) is 0.133. The summed E-state index contributed by atoms with van der Waals surface area (Å²) in [7, 11) is 0. The smallest absolute Gasteiger partial charge is 0.0837 e. The maximum absolute atomic E-state index is 10.3. The molecule has 0 aliphatic rings. The summed E-state index contributed by atoms with van der Waals surface area (Å²) in [5.41, 5.74) is 3.01. The molecule has 0 bridgehead atoms. The highest BCUT2D eigenvalue weighted by Crippen LogP contribution is 2.25. The van der Waals surface area contributed by atoms with Gasteiger partial charge in [-0.2, -0.15) is 5.10 Å². The standard InChI is InChI=1S/C15H14N2O/c18-15(9-11-5-2-1-3-6-11)12-7-4-8-14-13(12)10-16-17-14/h1-8,10,15,18H,9H2,(H,16,17). The Hall–Kier alpha value is -2.13. The Bertz CT molecular complexity index is 646. The van der Waals surface area contributed by atoms with Crippen molar-refractivity contribution in [3.63, 3.8) is 0 Å². The molecule has 2 aromatic carbocycles. The first-order chi connectivity index (χ1) is 8.84. The molecule has 3 aromatic rings. The van der Waals surface area contributed by atoms with Crippen molar-refractivity contribution in [2.24, 2.45) is 0 Å². The number of H-pyrrole nitrogens is 1. The van der Waals surface area contributed by atoms with Crippen LogP contribution in [0, 0.1) is 0 Å². The molecule has 18 heavy (non-hydrogen) atoms. The molecule has 1 aromatic heterocycles. The van der Waals surface area contributed by atoms with E-state index in [1.165, 1.54) is 0 Å². The van der Waals surface area contributed by atoms with Crippen LogP contribution in [0.2, 0.25) is 0 Å². The summed E-state index contributed by atoms with van der Waals surface area (Å²) in [6.45, 7) is 0. The van der Waals surface area contributed by atoms with Crippen molar-refractivity contribution in [1.29, 1.82) is 0 Å². The highest BCUT2D eigenvalue weighted by Gasteiger charge is 2.12. The molecule has 90 valence electrons. The van der Waals surface area contributed by atoms with Gasteiger partial charge in [-0.05, 0) is 17.2 Å². The molecule has 3 rings (SSSR count). The first kappa shape index (κ1) is 11.0. The van der Waals surface area contributed by atoms with Gasteiger partial charge in [0.25, 0.3) is 0 Å². The Labute approximate surface area is 105 Å². The molecule has 0 spiro atoms. The summed E-state index contributed by atoms with van der Waals surface area (Å²) < 4.78 is 0. The molecule has 3 heteroatoms. The van der Waals surface area contributed by atoms with Gasteiger partial charge in [-0.15, -0.1) is 0 Å². The Morgan fingerprint density at radius 2 is 1.89 bits per heavy atom. The molecule has 1 unspecified atom stereocenters. The summed E-state index contributed by atoms with van der Waals surface area (Å²) in [4.78, 5) is 0. The SMILES string of the molecule is OC(Cc1ccccc1)c1cccc2[nH]ncc12. The Balaban J connectivity index is 1.92. The molecule has 2 N–H and O–H groups in total. The normalized spacial score (nSPS) is 12.7. The van der Waals surface area contributed by atoms with Crippen LogP contribution in [0.5, 0.6) is 0 Å². The number of aromatic amines is 1. The van der Waals surface area contributed by atoms with Crippen LogP contribution in [0.4, 0.5) is 0 Å². The topological polar surface area (TPSA) is 48.9 Å². The van der Waals surface area contributed by atoms with Gasteiger partial charge >= 0.3 is 0 Å². The second-order valence-corrected chi connectivity index (χ2v) is 4.38. The van der Waals surface area contributed by atoms with Crippen LogP contribution in [0.15, 0.2) is 54.7 Å². The average Bonchev–Trinajstić information content (AvgIpc) is 2.87. The van der Waals surface area contributed by atoms with E-state index in [0.717, 1.165) is 22.0 Å². The van der Waals surface area contributed by atoms with E-state index in [2.05, 4.69) is 10.2 Å². The molecule has 1 heterocycles. The van der Waals surface area contributed by atoms with Gasteiger partial charge in [-0.25, -0.2) is 0 Å². The largest absolute Gasteiger partial charge is 0.388 e. The van der Waals surface area contributed by atoms with E-state index >= 15 is 0 Å². The van der Waals surface area contributed by atoms with Crippen molar-refractivity contribution in [3.8, 4) is 0 Å². The Morgan fingerprint density at radius 3 is 2.72 bits per heavy atom. The molecule has 0 aliphatic heterocycles. The minimum absolute atomic E-state index is 0.506. The summed E-state index contributed by atoms with van der Waals surface area (Å²) >= 11 is 0. The van der Waals surface area contributed by atoms with Gasteiger partial charge in [0.15, 0.2) is 0 Å². The van der Waals surface area contributed by atoms with Gasteiger partial charge in [0.1, 0.15) is 0 Å². The molecule has 0 aliphatic carbocycles. The lowest BCUT2D eigenvalue weighted by molar-refractivity contribution is 0.180. The van der Waals surface area contributed by atoms with Crippen LogP contribution < -0.4 is 0 Å². The van der Waals surface area contributed by atoms with Crippen molar-refractivity contribution in [3.05, 3.63) is 65.9 Å². The van der Waals surface area contributed by atoms with Crippen LogP contribution in [-0.2, 0) is 6.42 Å². The third kappa shape index (κ3) is 2.00. The number of aliphatic hydroxyl groups excluding tert-OH is 1. The van der Waals surface area contributed by atoms with Crippen molar-refractivity contribution in [1.82, 2.24) is 10.2 Å². The van der Waals surface area contributed by atoms with E-state index < -0.39 is 6.10 Å². The highest BCUT2D eigenvalue weighted by molar-refractivity contribution is 5.81. The molecule has 3 nitrogen and oxygen atoms in total. The predicted molar refractivity (Wildman–Crippen MR) is 71.2 cm³/mol. The molecule has 1 atom stereocenters. The molecular weight excluding hydrogens is 224 g/mol. The quantitative estimate of drug-likeness (QED) is 0.737. The first-order valence-corrected chi connectivity index (χ1v) is 5.98. The van der Waals surface area contributed by atoms with Gasteiger partial charge in [-0.3, -0.25) is 5.10 Å². The third-order valence-corrected chi connectivity index (χ3v) is 3.15. The van der Waals surface area contributed by atoms with E-state index in [9.17, 15) is 5.11 Å². The minimum atomic E-state index is -0.506. The zero-order chi connectivity index (χ0) is 12.4. The number of nitrogens with zero attached hydrogens (tertiary/aromatic N) is 1. The van der Waals surface area contributed by atoms with E-state index in [-0.39, 0.29) is 0 Å². The number of benzene rings is 2. The molecule has 0 amide bonds. The second kappa shape index (κ2) is 4.63. The second-order valence-electron chi connectivity index (χ2n) is 4.38. The maximum Gasteiger partial charge on any atom is 0.0837 e. The number of aliphatic hydroxyl groups is 1. The minimum Gasteiger partial charge on any atom is -0.388 e. The van der Waals surface area contributed by atoms with Gasteiger partial charge in [0, 0.05) is 11.8 Å². The van der Waals surface area contributed by atoms with Crippen LogP contribution in [0.25, 0.3) is 10.9 Å². The van der Waals surface area contributed by atoms with E-state index in [1.807, 2.05) is 48.5 Å². The van der Waals surface area contributed by atoms with Gasteiger partial charge in [0.05, 0.1) is 17.8 Å². The highest BCUT2D eigenvalue weighted by atomic mass is 16.3. The van der Waals surface area contributed by atoms with Gasteiger partial charge < -0.3 is 5.11 Å². The fourth-order valence-electron chi connectivity index (χ4n) is 2.23. The molecule has 0 saturated heterocycles. The van der Waals surface area contributed by atoms with E-state index in [0.29, 0.717) is 6.42 Å². The van der Waals surface area contributed by atoms with E-state index in [1.54, 1.807) is 6.20 Å². The monoisotopic (exact) mass is 238 g/mol.